The van der Waals surface area contributed by atoms with E-state index >= 15 is 4.79 Å². The summed E-state index contributed by atoms with van der Waals surface area (Å²) < 4.78 is 6.13. The third-order valence-electron chi connectivity index (χ3n) is 11.4. The lowest BCUT2D eigenvalue weighted by Gasteiger charge is -2.50. The molecule has 1 N–H and O–H groups in total. The van der Waals surface area contributed by atoms with Crippen LogP contribution >= 0.6 is 34.2 Å². The average Bonchev–Trinajstić information content (AvgIpc) is 3.53. The summed E-state index contributed by atoms with van der Waals surface area (Å²) in [7, 11) is 1.47. The minimum absolute atomic E-state index is 0.0344. The Bertz CT molecular complexity index is 2150. The highest BCUT2D eigenvalue weighted by Crippen LogP contribution is 2.65. The molecule has 0 aromatic heterocycles. The summed E-state index contributed by atoms with van der Waals surface area (Å²) in [6, 6.07) is 27.1. The number of nitrogens with zero attached hydrogens (tertiary/aromatic N) is 2. The highest BCUT2D eigenvalue weighted by molar-refractivity contribution is 14.1. The molecule has 4 aromatic rings. The first-order valence-electron chi connectivity index (χ1n) is 17.0. The summed E-state index contributed by atoms with van der Waals surface area (Å²) >= 11 is 8.46. The Morgan fingerprint density at radius 1 is 0.863 bits per heavy atom. The minimum atomic E-state index is -1.43. The Balaban J connectivity index is 1.36. The number of hydrogen-bond acceptors (Lipinski definition) is 6. The van der Waals surface area contributed by atoms with Crippen molar-refractivity contribution < 1.29 is 29.0 Å². The molecule has 8 nitrogen and oxygen atoms in total. The van der Waals surface area contributed by atoms with Crippen LogP contribution in [0.15, 0.2) is 103 Å². The van der Waals surface area contributed by atoms with Gasteiger partial charge in [-0.05, 0) is 107 Å². The van der Waals surface area contributed by atoms with Crippen molar-refractivity contribution in [3.63, 3.8) is 0 Å². The Hall–Kier alpha value is -4.48. The Kier molecular flexibility index (Phi) is 8.33. The van der Waals surface area contributed by atoms with E-state index in [1.807, 2.05) is 96.3 Å². The van der Waals surface area contributed by atoms with Crippen LogP contribution in [0.1, 0.15) is 42.4 Å². The standard InChI is InChI=1S/C41H34ClIN2O6/c1-3-22-12-14-26(15-13-22)44-37(47)29-17-16-28-30(34(29)39(44)49)21-31-38(48)45(27-11-7-10-25(42)20-27)40(50)41(31,24-8-5-4-6-9-24)35(28)23-18-32(43)36(46)33(19-23)51-2/h4-16,18-20,29-31,34-35,46H,3,17,21H2,1-2H3. The maximum atomic E-state index is 15.4. The monoisotopic (exact) mass is 812 g/mol. The van der Waals surface area contributed by atoms with Crippen molar-refractivity contribution in [2.45, 2.75) is 37.5 Å². The lowest BCUT2D eigenvalue weighted by molar-refractivity contribution is -0.127. The second kappa shape index (κ2) is 12.6. The van der Waals surface area contributed by atoms with Crippen molar-refractivity contribution >= 4 is 69.2 Å². The van der Waals surface area contributed by atoms with Gasteiger partial charge in [0.2, 0.25) is 23.6 Å². The predicted molar refractivity (Wildman–Crippen MR) is 202 cm³/mol. The molecule has 4 aromatic carbocycles. The largest absolute Gasteiger partial charge is 0.504 e. The zero-order valence-corrected chi connectivity index (χ0v) is 30.8. The molecule has 2 aliphatic heterocycles. The number of hydrogen-bond donors (Lipinski definition) is 1. The van der Waals surface area contributed by atoms with E-state index in [0.29, 0.717) is 37.5 Å². The van der Waals surface area contributed by atoms with Crippen molar-refractivity contribution in [1.82, 2.24) is 0 Å². The van der Waals surface area contributed by atoms with Gasteiger partial charge in [-0.2, -0.15) is 0 Å². The molecule has 258 valence electrons. The number of aryl methyl sites for hydroxylation is 1. The molecule has 6 unspecified atom stereocenters. The minimum Gasteiger partial charge on any atom is -0.504 e. The number of allylic oxidation sites excluding steroid dienone is 2. The normalized spacial score (nSPS) is 26.9. The van der Waals surface area contributed by atoms with E-state index in [2.05, 4.69) is 0 Å². The van der Waals surface area contributed by atoms with Gasteiger partial charge in [0.25, 0.3) is 0 Å². The smallest absolute Gasteiger partial charge is 0.246 e. The highest BCUT2D eigenvalue weighted by atomic mass is 127. The van der Waals surface area contributed by atoms with Crippen LogP contribution in [-0.4, -0.2) is 35.8 Å². The Labute approximate surface area is 314 Å². The molecular formula is C41H34ClIN2O6. The molecular weight excluding hydrogens is 779 g/mol. The van der Waals surface area contributed by atoms with Crippen LogP contribution in [0, 0.1) is 27.2 Å². The SMILES string of the molecule is CCc1ccc(N2C(=O)C3CC=C4C(CC5C(=O)N(c6cccc(Cl)c6)C(=O)C5(c5ccccc5)C4c4cc(I)c(O)c(OC)c4)C3C2=O)cc1. The van der Waals surface area contributed by atoms with Crippen LogP contribution in [0.3, 0.4) is 0 Å². The summed E-state index contributed by atoms with van der Waals surface area (Å²) in [5, 5.41) is 11.3. The number of methoxy groups -OCH3 is 1. The van der Waals surface area contributed by atoms with Gasteiger partial charge < -0.3 is 9.84 Å². The molecule has 0 spiro atoms. The van der Waals surface area contributed by atoms with Crippen molar-refractivity contribution in [2.24, 2.45) is 23.7 Å². The number of phenolic OH excluding ortho intramolecular Hbond substituents is 1. The van der Waals surface area contributed by atoms with Crippen LogP contribution in [0.25, 0.3) is 0 Å². The van der Waals surface area contributed by atoms with Gasteiger partial charge in [-0.3, -0.25) is 24.1 Å². The molecule has 4 amide bonds. The van der Waals surface area contributed by atoms with Crippen LogP contribution in [0.5, 0.6) is 11.5 Å². The van der Waals surface area contributed by atoms with Gasteiger partial charge in [0.1, 0.15) is 0 Å². The number of benzene rings is 4. The number of rotatable bonds is 6. The molecule has 8 rings (SSSR count). The summed E-state index contributed by atoms with van der Waals surface area (Å²) in [5.74, 6) is -4.61. The van der Waals surface area contributed by atoms with E-state index in [1.165, 1.54) is 16.9 Å². The Morgan fingerprint density at radius 3 is 2.29 bits per heavy atom. The summed E-state index contributed by atoms with van der Waals surface area (Å²) in [5.41, 5.74) is 2.72. The van der Waals surface area contributed by atoms with Gasteiger partial charge in [-0.15, -0.1) is 0 Å². The average molecular weight is 813 g/mol. The molecule has 1 saturated carbocycles. The number of carbonyl (C=O) groups excluding carboxylic acids is 4. The van der Waals surface area contributed by atoms with Gasteiger partial charge in [0, 0.05) is 10.9 Å². The van der Waals surface area contributed by atoms with Gasteiger partial charge in [0.05, 0.1) is 45.2 Å². The topological polar surface area (TPSA) is 104 Å². The van der Waals surface area contributed by atoms with E-state index < -0.39 is 40.9 Å². The maximum absolute atomic E-state index is 15.4. The third-order valence-corrected chi connectivity index (χ3v) is 12.4. The number of imide groups is 2. The van der Waals surface area contributed by atoms with Crippen LogP contribution in [0.2, 0.25) is 5.02 Å². The summed E-state index contributed by atoms with van der Waals surface area (Å²) in [6.45, 7) is 2.05. The molecule has 51 heavy (non-hydrogen) atoms. The molecule has 3 fully saturated rings. The van der Waals surface area contributed by atoms with Gasteiger partial charge in [-0.25, -0.2) is 4.90 Å². The number of phenols is 1. The number of anilines is 2. The zero-order valence-electron chi connectivity index (χ0n) is 27.9. The van der Waals surface area contributed by atoms with Gasteiger partial charge in [-0.1, -0.05) is 78.7 Å². The van der Waals surface area contributed by atoms with E-state index in [-0.39, 0.29) is 35.6 Å². The van der Waals surface area contributed by atoms with E-state index in [1.54, 1.807) is 30.3 Å². The number of fused-ring (bicyclic) bond motifs is 4. The molecule has 0 bridgehead atoms. The van der Waals surface area contributed by atoms with E-state index in [9.17, 15) is 19.5 Å². The zero-order chi connectivity index (χ0) is 35.8. The van der Waals surface area contributed by atoms with Gasteiger partial charge in [0.15, 0.2) is 11.5 Å². The first-order valence-corrected chi connectivity index (χ1v) is 18.5. The molecule has 6 atom stereocenters. The fourth-order valence-corrected chi connectivity index (χ4v) is 9.98. The van der Waals surface area contributed by atoms with Crippen LogP contribution in [-0.2, 0) is 31.0 Å². The lowest BCUT2D eigenvalue weighted by atomic mass is 9.49. The summed E-state index contributed by atoms with van der Waals surface area (Å²) in [4.78, 5) is 61.5. The molecule has 10 heteroatoms. The number of halogens is 2. The second-order valence-corrected chi connectivity index (χ2v) is 15.3. The van der Waals surface area contributed by atoms with Crippen molar-refractivity contribution in [1.29, 1.82) is 0 Å². The van der Waals surface area contributed by atoms with Crippen molar-refractivity contribution in [2.75, 3.05) is 16.9 Å². The first kappa shape index (κ1) is 33.7. The number of amides is 4. The molecule has 0 radical (unpaired) electrons. The fraction of sp³-hybridized carbons (Fsp3) is 0.268. The Morgan fingerprint density at radius 2 is 1.61 bits per heavy atom. The van der Waals surface area contributed by atoms with Crippen molar-refractivity contribution in [3.8, 4) is 11.5 Å². The number of ether oxygens (including phenoxy) is 1. The molecule has 4 aliphatic rings. The third kappa shape index (κ3) is 4.91. The molecule has 2 aliphatic carbocycles. The van der Waals surface area contributed by atoms with Crippen LogP contribution in [0.4, 0.5) is 11.4 Å². The molecule has 2 saturated heterocycles. The van der Waals surface area contributed by atoms with Crippen LogP contribution < -0.4 is 14.5 Å². The van der Waals surface area contributed by atoms with Crippen molar-refractivity contribution in [3.05, 3.63) is 128 Å². The van der Waals surface area contributed by atoms with E-state index in [0.717, 1.165) is 17.6 Å². The predicted octanol–water partition coefficient (Wildman–Crippen LogP) is 7.59. The quantitative estimate of drug-likeness (QED) is 0.122. The fourth-order valence-electron chi connectivity index (χ4n) is 9.17. The lowest BCUT2D eigenvalue weighted by Crippen LogP contribution is -2.53. The summed E-state index contributed by atoms with van der Waals surface area (Å²) in [6.07, 6.45) is 3.35. The number of carbonyl (C=O) groups is 4. The second-order valence-electron chi connectivity index (χ2n) is 13.7. The van der Waals surface area contributed by atoms with Gasteiger partial charge >= 0.3 is 0 Å². The maximum Gasteiger partial charge on any atom is 0.246 e. The highest BCUT2D eigenvalue weighted by Gasteiger charge is 2.70. The first-order chi connectivity index (χ1) is 24.6. The van der Waals surface area contributed by atoms with E-state index in [4.69, 9.17) is 16.3 Å². The number of aromatic hydroxyl groups is 1. The molecule has 2 heterocycles.